The Labute approximate surface area is 165 Å². The molecule has 7 nitrogen and oxygen atoms in total. The Kier molecular flexibility index (Phi) is 5.00. The van der Waals surface area contributed by atoms with Crippen molar-refractivity contribution in [3.63, 3.8) is 0 Å². The molecule has 0 N–H and O–H groups in total. The molecular formula is C18H24ClN5O2S. The highest BCUT2D eigenvalue weighted by atomic mass is 35.5. The second kappa shape index (κ2) is 7.16. The zero-order chi connectivity index (χ0) is 19.2. The predicted octanol–water partition coefficient (Wildman–Crippen LogP) is 2.33. The molecule has 9 heteroatoms. The maximum atomic E-state index is 13.0. The van der Waals surface area contributed by atoms with Gasteiger partial charge in [0.15, 0.2) is 0 Å². The number of sulfonamides is 1. The monoisotopic (exact) mass is 409 g/mol. The van der Waals surface area contributed by atoms with E-state index in [1.165, 1.54) is 4.31 Å². The van der Waals surface area contributed by atoms with E-state index in [-0.39, 0.29) is 16.5 Å². The van der Waals surface area contributed by atoms with Crippen LogP contribution in [0.4, 0.5) is 0 Å². The molecule has 1 aromatic carbocycles. The minimum Gasteiger partial charge on any atom is -0.312 e. The third-order valence-electron chi connectivity index (χ3n) is 5.52. The van der Waals surface area contributed by atoms with E-state index in [0.717, 1.165) is 25.3 Å². The van der Waals surface area contributed by atoms with Crippen LogP contribution in [0.1, 0.15) is 37.8 Å². The van der Waals surface area contributed by atoms with E-state index in [2.05, 4.69) is 33.5 Å². The Bertz CT molecular complexity index is 943. The van der Waals surface area contributed by atoms with Crippen molar-refractivity contribution in [1.29, 1.82) is 0 Å². The summed E-state index contributed by atoms with van der Waals surface area (Å²) in [5.41, 5.74) is 0. The lowest BCUT2D eigenvalue weighted by Gasteiger charge is -2.28. The van der Waals surface area contributed by atoms with Crippen molar-refractivity contribution in [2.75, 3.05) is 19.6 Å². The van der Waals surface area contributed by atoms with Gasteiger partial charge in [-0.25, -0.2) is 8.42 Å². The first-order valence-corrected chi connectivity index (χ1v) is 11.1. The van der Waals surface area contributed by atoms with Crippen LogP contribution in [-0.4, -0.2) is 58.1 Å². The minimum absolute atomic E-state index is 0.142. The predicted molar refractivity (Wildman–Crippen MR) is 103 cm³/mol. The summed E-state index contributed by atoms with van der Waals surface area (Å²) in [6.07, 6.45) is 1.07. The summed E-state index contributed by atoms with van der Waals surface area (Å²) >= 11 is 6.11. The zero-order valence-electron chi connectivity index (χ0n) is 15.5. The number of likely N-dealkylation sites (tertiary alicyclic amines) is 1. The molecule has 0 amide bonds. The van der Waals surface area contributed by atoms with Crippen LogP contribution in [0.2, 0.25) is 5.02 Å². The molecule has 0 unspecified atom stereocenters. The van der Waals surface area contributed by atoms with Crippen molar-refractivity contribution in [2.24, 2.45) is 0 Å². The zero-order valence-corrected chi connectivity index (χ0v) is 17.1. The lowest BCUT2D eigenvalue weighted by atomic mass is 10.1. The number of hydrogen-bond acceptors (Lipinski definition) is 5. The second-order valence-electron chi connectivity index (χ2n) is 7.47. The highest BCUT2D eigenvalue weighted by Gasteiger charge is 2.35. The maximum absolute atomic E-state index is 13.0. The molecule has 0 spiro atoms. The molecule has 3 heterocycles. The summed E-state index contributed by atoms with van der Waals surface area (Å²) in [5, 5.41) is 8.97. The van der Waals surface area contributed by atoms with E-state index in [9.17, 15) is 8.42 Å². The van der Waals surface area contributed by atoms with Crippen LogP contribution in [-0.2, 0) is 23.1 Å². The molecule has 2 aliphatic heterocycles. The number of rotatable bonds is 4. The number of aromatic nitrogens is 3. The van der Waals surface area contributed by atoms with Crippen LogP contribution >= 0.6 is 11.6 Å². The molecule has 0 saturated carbocycles. The Morgan fingerprint density at radius 3 is 2.63 bits per heavy atom. The average Bonchev–Trinajstić information content (AvgIpc) is 3.28. The third-order valence-corrected chi connectivity index (χ3v) is 7.86. The van der Waals surface area contributed by atoms with Gasteiger partial charge in [-0.2, -0.15) is 4.31 Å². The molecule has 0 aliphatic carbocycles. The van der Waals surface area contributed by atoms with E-state index >= 15 is 0 Å². The van der Waals surface area contributed by atoms with Gasteiger partial charge in [0.05, 0.1) is 11.6 Å². The molecule has 1 saturated heterocycles. The van der Waals surface area contributed by atoms with Crippen molar-refractivity contribution in [3.05, 3.63) is 40.9 Å². The maximum Gasteiger partial charge on any atom is 0.245 e. The van der Waals surface area contributed by atoms with Gasteiger partial charge in [-0.15, -0.1) is 10.2 Å². The lowest BCUT2D eigenvalue weighted by Crippen LogP contribution is -2.39. The smallest absolute Gasteiger partial charge is 0.245 e. The lowest BCUT2D eigenvalue weighted by molar-refractivity contribution is 0.270. The van der Waals surface area contributed by atoms with Crippen molar-refractivity contribution < 1.29 is 8.42 Å². The van der Waals surface area contributed by atoms with Crippen molar-refractivity contribution in [2.45, 2.75) is 50.2 Å². The average molecular weight is 410 g/mol. The SMILES string of the molecule is CC(C)N1CC[C@H](c2nnc3n2CCN(S(=O)(=O)c2ccccc2Cl)C3)C1. The largest absolute Gasteiger partial charge is 0.312 e. The first kappa shape index (κ1) is 18.9. The summed E-state index contributed by atoms with van der Waals surface area (Å²) < 4.78 is 29.5. The fraction of sp³-hybridized carbons (Fsp3) is 0.556. The number of fused-ring (bicyclic) bond motifs is 1. The number of hydrogen-bond donors (Lipinski definition) is 0. The van der Waals surface area contributed by atoms with Crippen LogP contribution < -0.4 is 0 Å². The molecule has 1 atom stereocenters. The van der Waals surface area contributed by atoms with Crippen molar-refractivity contribution in [3.8, 4) is 0 Å². The summed E-state index contributed by atoms with van der Waals surface area (Å²) in [6.45, 7) is 7.65. The van der Waals surface area contributed by atoms with Gasteiger partial charge < -0.3 is 9.47 Å². The Morgan fingerprint density at radius 2 is 1.93 bits per heavy atom. The summed E-state index contributed by atoms with van der Waals surface area (Å²) in [4.78, 5) is 2.59. The molecule has 146 valence electrons. The standard InChI is InChI=1S/C18H24ClN5O2S/c1-13(2)22-8-7-14(11-22)18-21-20-17-12-23(9-10-24(17)18)27(25,26)16-6-4-3-5-15(16)19/h3-6,13-14H,7-12H2,1-2H3/t14-/m0/s1. The van der Waals surface area contributed by atoms with Crippen LogP contribution in [0.15, 0.2) is 29.2 Å². The van der Waals surface area contributed by atoms with Crippen molar-refractivity contribution >= 4 is 21.6 Å². The van der Waals surface area contributed by atoms with Gasteiger partial charge in [0.2, 0.25) is 10.0 Å². The van der Waals surface area contributed by atoms with Gasteiger partial charge >= 0.3 is 0 Å². The van der Waals surface area contributed by atoms with E-state index in [1.807, 2.05) is 0 Å². The van der Waals surface area contributed by atoms with Gasteiger partial charge in [0.25, 0.3) is 0 Å². The molecule has 1 aromatic heterocycles. The summed E-state index contributed by atoms with van der Waals surface area (Å²) in [7, 11) is -3.65. The van der Waals surface area contributed by atoms with Gasteiger partial charge in [-0.05, 0) is 38.9 Å². The van der Waals surface area contributed by atoms with E-state index in [4.69, 9.17) is 11.6 Å². The fourth-order valence-electron chi connectivity index (χ4n) is 3.93. The van der Waals surface area contributed by atoms with E-state index < -0.39 is 10.0 Å². The van der Waals surface area contributed by atoms with Crippen LogP contribution in [0.5, 0.6) is 0 Å². The van der Waals surface area contributed by atoms with Crippen LogP contribution in [0.3, 0.4) is 0 Å². The number of benzene rings is 1. The molecule has 2 aliphatic rings. The van der Waals surface area contributed by atoms with E-state index in [1.54, 1.807) is 24.3 Å². The minimum atomic E-state index is -3.65. The molecule has 0 bridgehead atoms. The quantitative estimate of drug-likeness (QED) is 0.775. The summed E-state index contributed by atoms with van der Waals surface area (Å²) in [6, 6.07) is 7.07. The first-order valence-electron chi connectivity index (χ1n) is 9.28. The number of halogens is 1. The van der Waals surface area contributed by atoms with Crippen LogP contribution in [0.25, 0.3) is 0 Å². The van der Waals surface area contributed by atoms with Gasteiger partial charge in [0.1, 0.15) is 16.5 Å². The topological polar surface area (TPSA) is 71.3 Å². The fourth-order valence-corrected chi connectivity index (χ4v) is 5.80. The molecule has 4 rings (SSSR count). The molecule has 0 radical (unpaired) electrons. The molecule has 27 heavy (non-hydrogen) atoms. The van der Waals surface area contributed by atoms with Gasteiger partial charge in [-0.3, -0.25) is 0 Å². The van der Waals surface area contributed by atoms with E-state index in [0.29, 0.717) is 30.9 Å². The Morgan fingerprint density at radius 1 is 1.15 bits per heavy atom. The highest BCUT2D eigenvalue weighted by molar-refractivity contribution is 7.89. The first-order chi connectivity index (χ1) is 12.9. The molecule has 1 fully saturated rings. The Hall–Kier alpha value is -1.48. The summed E-state index contributed by atoms with van der Waals surface area (Å²) in [5.74, 6) is 2.05. The molecule has 2 aromatic rings. The van der Waals surface area contributed by atoms with Crippen molar-refractivity contribution in [1.82, 2.24) is 24.0 Å². The second-order valence-corrected chi connectivity index (χ2v) is 9.78. The number of nitrogens with zero attached hydrogens (tertiary/aromatic N) is 5. The highest BCUT2D eigenvalue weighted by Crippen LogP contribution is 2.31. The van der Waals surface area contributed by atoms with Crippen LogP contribution in [0, 0.1) is 0 Å². The normalized spacial score (nSPS) is 21.7. The molecular weight excluding hydrogens is 386 g/mol. The third kappa shape index (κ3) is 3.40. The van der Waals surface area contributed by atoms with Gasteiger partial charge in [0, 0.05) is 31.6 Å². The Balaban J connectivity index is 1.56. The van der Waals surface area contributed by atoms with Gasteiger partial charge in [-0.1, -0.05) is 23.7 Å².